The smallest absolute Gasteiger partial charge is 0.261 e. The van der Waals surface area contributed by atoms with Crippen LogP contribution < -0.4 is 15.1 Å². The van der Waals surface area contributed by atoms with Gasteiger partial charge < -0.3 is 8.98 Å². The Morgan fingerprint density at radius 1 is 0.771 bits per heavy atom. The fourth-order valence-corrected chi connectivity index (χ4v) is 10.2. The summed E-state index contributed by atoms with van der Waals surface area (Å²) in [6, 6.07) is 31.7. The maximum absolute atomic E-state index is 13.1. The number of nitrogens with one attached hydrogen (secondary N) is 1. The predicted octanol–water partition coefficient (Wildman–Crippen LogP) is 5.99. The SMILES string of the molecule is C[C@@H](CO[Si](c1ccccc1)(c1ccccc1)C(C)(C)C)[C@@H](N[S@+]([O-])C(C)(C)C)c1ccccc1. The Labute approximate surface area is 216 Å². The Hall–Kier alpha value is -1.89. The molecule has 0 aliphatic heterocycles. The van der Waals surface area contributed by atoms with Crippen LogP contribution >= 0.6 is 0 Å². The van der Waals surface area contributed by atoms with Crippen molar-refractivity contribution < 1.29 is 8.98 Å². The van der Waals surface area contributed by atoms with Crippen molar-refractivity contribution in [2.24, 2.45) is 5.92 Å². The molecule has 0 aromatic heterocycles. The molecule has 0 unspecified atom stereocenters. The van der Waals surface area contributed by atoms with E-state index in [0.29, 0.717) is 6.61 Å². The summed E-state index contributed by atoms with van der Waals surface area (Å²) in [5, 5.41) is 2.46. The van der Waals surface area contributed by atoms with Crippen molar-refractivity contribution in [3.63, 3.8) is 0 Å². The zero-order valence-electron chi connectivity index (χ0n) is 22.2. The molecule has 0 aliphatic carbocycles. The second-order valence-electron chi connectivity index (χ2n) is 11.3. The van der Waals surface area contributed by atoms with Crippen molar-refractivity contribution in [1.29, 1.82) is 0 Å². The average Bonchev–Trinajstić information content (AvgIpc) is 2.83. The van der Waals surface area contributed by atoms with Crippen LogP contribution in [0.4, 0.5) is 0 Å². The van der Waals surface area contributed by atoms with Crippen LogP contribution in [0.5, 0.6) is 0 Å². The van der Waals surface area contributed by atoms with Crippen molar-refractivity contribution in [3.8, 4) is 0 Å². The Bertz CT molecular complexity index is 993. The molecule has 5 heteroatoms. The number of rotatable bonds is 9. The summed E-state index contributed by atoms with van der Waals surface area (Å²) < 4.78 is 23.4. The van der Waals surface area contributed by atoms with Crippen molar-refractivity contribution in [1.82, 2.24) is 4.72 Å². The standard InChI is InChI=1S/C30H41NO2SSi/c1-24(28(25-17-11-8-12-18-25)31-34(32)29(2,3)4)23-33-35(30(5,6)7,26-19-13-9-14-20-26)27-21-15-10-16-22-27/h8-22,24,28,31H,23H2,1-7H3/t24-,28+,34+/m0/s1. The Kier molecular flexibility index (Phi) is 9.05. The van der Waals surface area contributed by atoms with Crippen LogP contribution in [0.25, 0.3) is 0 Å². The third-order valence-electron chi connectivity index (χ3n) is 6.50. The highest BCUT2D eigenvalue weighted by Crippen LogP contribution is 2.38. The van der Waals surface area contributed by atoms with Gasteiger partial charge in [-0.15, -0.1) is 4.72 Å². The van der Waals surface area contributed by atoms with E-state index in [1.54, 1.807) is 0 Å². The minimum atomic E-state index is -2.64. The van der Waals surface area contributed by atoms with Gasteiger partial charge in [-0.1, -0.05) is 119 Å². The molecule has 0 radical (unpaired) electrons. The van der Waals surface area contributed by atoms with Crippen LogP contribution in [-0.4, -0.2) is 24.2 Å². The molecule has 0 amide bonds. The summed E-state index contributed by atoms with van der Waals surface area (Å²) in [6.45, 7) is 15.6. The number of benzene rings is 3. The molecule has 3 rings (SSSR count). The zero-order chi connectivity index (χ0) is 25.7. The molecule has 0 saturated carbocycles. The molecule has 188 valence electrons. The average molecular weight is 508 g/mol. The third-order valence-corrected chi connectivity index (χ3v) is 13.1. The van der Waals surface area contributed by atoms with E-state index in [1.165, 1.54) is 10.4 Å². The van der Waals surface area contributed by atoms with Crippen LogP contribution in [-0.2, 0) is 15.8 Å². The van der Waals surface area contributed by atoms with Gasteiger partial charge in [0.1, 0.15) is 4.75 Å². The van der Waals surface area contributed by atoms with Crippen LogP contribution in [0.3, 0.4) is 0 Å². The summed E-state index contributed by atoms with van der Waals surface area (Å²) in [5.74, 6) is 0.102. The van der Waals surface area contributed by atoms with Crippen molar-refractivity contribution in [2.45, 2.75) is 64.3 Å². The molecule has 0 saturated heterocycles. The van der Waals surface area contributed by atoms with E-state index in [9.17, 15) is 4.55 Å². The van der Waals surface area contributed by atoms with Crippen molar-refractivity contribution in [3.05, 3.63) is 96.6 Å². The molecule has 0 heterocycles. The molecule has 0 bridgehead atoms. The van der Waals surface area contributed by atoms with Gasteiger partial charge >= 0.3 is 0 Å². The van der Waals surface area contributed by atoms with Crippen molar-refractivity contribution >= 4 is 30.1 Å². The lowest BCUT2D eigenvalue weighted by Crippen LogP contribution is -2.67. The van der Waals surface area contributed by atoms with E-state index in [0.717, 1.165) is 5.56 Å². The molecule has 3 aromatic carbocycles. The van der Waals surface area contributed by atoms with Gasteiger partial charge in [-0.05, 0) is 41.7 Å². The lowest BCUT2D eigenvalue weighted by Gasteiger charge is -2.44. The minimum absolute atomic E-state index is 0.0840. The lowest BCUT2D eigenvalue weighted by molar-refractivity contribution is 0.219. The summed E-state index contributed by atoms with van der Waals surface area (Å²) in [6.07, 6.45) is 0. The largest absolute Gasteiger partial charge is 0.598 e. The topological polar surface area (TPSA) is 44.3 Å². The highest BCUT2D eigenvalue weighted by molar-refractivity contribution is 7.90. The van der Waals surface area contributed by atoms with Crippen LogP contribution in [0.2, 0.25) is 5.04 Å². The molecule has 35 heavy (non-hydrogen) atoms. The highest BCUT2D eigenvalue weighted by Gasteiger charge is 2.50. The lowest BCUT2D eigenvalue weighted by atomic mass is 9.96. The van der Waals surface area contributed by atoms with Crippen LogP contribution in [0.15, 0.2) is 91.0 Å². The number of hydrogen-bond acceptors (Lipinski definition) is 3. The molecular weight excluding hydrogens is 466 g/mol. The van der Waals surface area contributed by atoms with E-state index < -0.39 is 19.7 Å². The summed E-state index contributed by atoms with van der Waals surface area (Å²) in [5.41, 5.74) is 1.13. The second-order valence-corrected chi connectivity index (χ2v) is 17.6. The first-order valence-corrected chi connectivity index (χ1v) is 15.5. The molecule has 0 aliphatic rings. The van der Waals surface area contributed by atoms with E-state index in [4.69, 9.17) is 4.43 Å². The van der Waals surface area contributed by atoms with E-state index in [2.05, 4.69) is 105 Å². The summed E-state index contributed by atoms with van der Waals surface area (Å²) in [4.78, 5) is 0. The molecule has 1 N–H and O–H groups in total. The van der Waals surface area contributed by atoms with Gasteiger partial charge in [-0.2, -0.15) is 0 Å². The van der Waals surface area contributed by atoms with E-state index >= 15 is 0 Å². The van der Waals surface area contributed by atoms with Crippen molar-refractivity contribution in [2.75, 3.05) is 6.61 Å². The van der Waals surface area contributed by atoms with Gasteiger partial charge in [0.05, 0.1) is 6.04 Å². The highest BCUT2D eigenvalue weighted by atomic mass is 32.2. The molecule has 3 atom stereocenters. The molecule has 0 fully saturated rings. The first kappa shape index (κ1) is 27.7. The molecule has 3 aromatic rings. The third kappa shape index (κ3) is 6.46. The van der Waals surface area contributed by atoms with Gasteiger partial charge in [-0.3, -0.25) is 0 Å². The van der Waals surface area contributed by atoms with Crippen LogP contribution in [0, 0.1) is 5.92 Å². The first-order chi connectivity index (χ1) is 16.5. The van der Waals surface area contributed by atoms with E-state index in [-0.39, 0.29) is 21.7 Å². The monoisotopic (exact) mass is 507 g/mol. The Morgan fingerprint density at radius 3 is 1.60 bits per heavy atom. The normalized spacial score (nSPS) is 15.4. The Morgan fingerprint density at radius 2 is 1.20 bits per heavy atom. The fraction of sp³-hybridized carbons (Fsp3) is 0.400. The maximum Gasteiger partial charge on any atom is 0.261 e. The minimum Gasteiger partial charge on any atom is -0.598 e. The van der Waals surface area contributed by atoms with Gasteiger partial charge in [-0.25, -0.2) is 0 Å². The van der Waals surface area contributed by atoms with Gasteiger partial charge in [0.25, 0.3) is 8.32 Å². The van der Waals surface area contributed by atoms with Gasteiger partial charge in [0, 0.05) is 23.9 Å². The molecular formula is C30H41NO2SSi. The predicted molar refractivity (Wildman–Crippen MR) is 153 cm³/mol. The quantitative estimate of drug-likeness (QED) is 0.286. The van der Waals surface area contributed by atoms with Gasteiger partial charge in [0.15, 0.2) is 0 Å². The fourth-order valence-electron chi connectivity index (χ4n) is 4.58. The van der Waals surface area contributed by atoms with E-state index in [1.807, 2.05) is 39.0 Å². The molecule has 0 spiro atoms. The van der Waals surface area contributed by atoms with Gasteiger partial charge in [0.2, 0.25) is 0 Å². The maximum atomic E-state index is 13.1. The molecule has 3 nitrogen and oxygen atoms in total. The summed E-state index contributed by atoms with van der Waals surface area (Å²) >= 11 is -1.20. The zero-order valence-corrected chi connectivity index (χ0v) is 24.1. The summed E-state index contributed by atoms with van der Waals surface area (Å²) in [7, 11) is -2.64. The second kappa shape index (κ2) is 11.4. The first-order valence-electron chi connectivity index (χ1n) is 12.4. The Balaban J connectivity index is 2.00. The van der Waals surface area contributed by atoms with Crippen LogP contribution in [0.1, 0.15) is 60.1 Å². The number of hydrogen-bond donors (Lipinski definition) is 1.